The van der Waals surface area contributed by atoms with E-state index >= 15 is 0 Å². The van der Waals surface area contributed by atoms with Gasteiger partial charge in [-0.2, -0.15) is 0 Å². The van der Waals surface area contributed by atoms with Crippen molar-refractivity contribution in [1.29, 1.82) is 0 Å². The molecule has 0 bridgehead atoms. The Kier molecular flexibility index (Phi) is 4.77. The molecule has 1 aliphatic heterocycles. The molecule has 1 aliphatic rings. The number of hydrogen-bond donors (Lipinski definition) is 3. The van der Waals surface area contributed by atoms with E-state index in [0.717, 1.165) is 10.4 Å². The predicted octanol–water partition coefficient (Wildman–Crippen LogP) is 2.40. The number of thiophene rings is 1. The van der Waals surface area contributed by atoms with Gasteiger partial charge in [-0.1, -0.05) is 6.07 Å². The fraction of sp³-hybridized carbons (Fsp3) is 0.353. The Balaban J connectivity index is 1.86. The SMILES string of the molecule is CC(C)(C)OC(=O)NC[C@H]1OB(O)c2c(O)ccc(-c3cccs3)c21. The Morgan fingerprint density at radius 3 is 2.80 bits per heavy atom. The van der Waals surface area contributed by atoms with Crippen molar-refractivity contribution in [2.75, 3.05) is 6.54 Å². The summed E-state index contributed by atoms with van der Waals surface area (Å²) in [5, 5.41) is 24.9. The molecule has 1 atom stereocenters. The lowest BCUT2D eigenvalue weighted by Gasteiger charge is -2.21. The van der Waals surface area contributed by atoms with Crippen LogP contribution in [0.3, 0.4) is 0 Å². The van der Waals surface area contributed by atoms with E-state index in [1.807, 2.05) is 17.5 Å². The highest BCUT2D eigenvalue weighted by Gasteiger charge is 2.40. The van der Waals surface area contributed by atoms with Crippen LogP contribution in [0, 0.1) is 0 Å². The van der Waals surface area contributed by atoms with Crippen LogP contribution in [0.2, 0.25) is 0 Å². The van der Waals surface area contributed by atoms with Gasteiger partial charge in [0.2, 0.25) is 0 Å². The summed E-state index contributed by atoms with van der Waals surface area (Å²) in [4.78, 5) is 12.9. The molecule has 0 spiro atoms. The molecule has 25 heavy (non-hydrogen) atoms. The van der Waals surface area contributed by atoms with Crippen LogP contribution in [-0.4, -0.2) is 35.5 Å². The van der Waals surface area contributed by atoms with Gasteiger partial charge in [-0.3, -0.25) is 0 Å². The van der Waals surface area contributed by atoms with Gasteiger partial charge in [-0.15, -0.1) is 11.3 Å². The molecule has 2 aromatic rings. The Bertz CT molecular complexity index is 772. The van der Waals surface area contributed by atoms with Crippen LogP contribution < -0.4 is 10.8 Å². The summed E-state index contributed by atoms with van der Waals surface area (Å²) < 4.78 is 10.8. The van der Waals surface area contributed by atoms with Gasteiger partial charge in [0.05, 0.1) is 6.10 Å². The summed E-state index contributed by atoms with van der Waals surface area (Å²) in [7, 11) is -1.24. The first-order chi connectivity index (χ1) is 11.8. The maximum absolute atomic E-state index is 11.9. The van der Waals surface area contributed by atoms with E-state index in [4.69, 9.17) is 9.39 Å². The molecular weight excluding hydrogens is 341 g/mol. The first-order valence-electron chi connectivity index (χ1n) is 7.96. The lowest BCUT2D eigenvalue weighted by molar-refractivity contribution is 0.0499. The normalized spacial score (nSPS) is 16.6. The van der Waals surface area contributed by atoms with Crippen molar-refractivity contribution in [3.05, 3.63) is 35.2 Å². The Morgan fingerprint density at radius 1 is 1.40 bits per heavy atom. The first kappa shape index (κ1) is 17.8. The van der Waals surface area contributed by atoms with Crippen LogP contribution in [0.1, 0.15) is 32.4 Å². The number of benzene rings is 1. The van der Waals surface area contributed by atoms with Crippen molar-refractivity contribution in [2.45, 2.75) is 32.5 Å². The number of carbonyl (C=O) groups is 1. The fourth-order valence-electron chi connectivity index (χ4n) is 2.81. The minimum Gasteiger partial charge on any atom is -0.508 e. The van der Waals surface area contributed by atoms with Crippen LogP contribution in [0.15, 0.2) is 29.6 Å². The van der Waals surface area contributed by atoms with Crippen molar-refractivity contribution < 1.29 is 24.3 Å². The molecule has 0 aliphatic carbocycles. The van der Waals surface area contributed by atoms with Crippen molar-refractivity contribution >= 4 is 30.0 Å². The summed E-state index contributed by atoms with van der Waals surface area (Å²) in [5.41, 5.74) is 1.31. The summed E-state index contributed by atoms with van der Waals surface area (Å²) in [5.74, 6) is -0.0254. The van der Waals surface area contributed by atoms with E-state index < -0.39 is 24.9 Å². The molecule has 6 nitrogen and oxygen atoms in total. The third kappa shape index (κ3) is 3.81. The van der Waals surface area contributed by atoms with Crippen LogP contribution in [0.25, 0.3) is 10.4 Å². The number of rotatable bonds is 3. The molecule has 3 N–H and O–H groups in total. The third-order valence-corrected chi connectivity index (χ3v) is 4.65. The number of carbonyl (C=O) groups excluding carboxylic acids is 1. The molecule has 2 heterocycles. The molecule has 0 saturated carbocycles. The van der Waals surface area contributed by atoms with Crippen LogP contribution in [0.4, 0.5) is 4.79 Å². The number of ether oxygens (including phenoxy) is 1. The number of nitrogens with one attached hydrogen (secondary N) is 1. The molecule has 0 radical (unpaired) electrons. The van der Waals surface area contributed by atoms with E-state index in [1.54, 1.807) is 44.2 Å². The van der Waals surface area contributed by atoms with E-state index in [0.29, 0.717) is 11.0 Å². The lowest BCUT2D eigenvalue weighted by Crippen LogP contribution is -2.35. The van der Waals surface area contributed by atoms with Gasteiger partial charge in [0, 0.05) is 16.9 Å². The summed E-state index contributed by atoms with van der Waals surface area (Å²) in [6.45, 7) is 5.47. The number of alkyl carbamates (subject to hydrolysis) is 1. The fourth-order valence-corrected chi connectivity index (χ4v) is 3.58. The topological polar surface area (TPSA) is 88.0 Å². The quantitative estimate of drug-likeness (QED) is 0.731. The van der Waals surface area contributed by atoms with Gasteiger partial charge < -0.3 is 24.8 Å². The van der Waals surface area contributed by atoms with Crippen LogP contribution >= 0.6 is 11.3 Å². The minimum atomic E-state index is -1.24. The van der Waals surface area contributed by atoms with Gasteiger partial charge in [-0.05, 0) is 55.5 Å². The zero-order valence-corrected chi connectivity index (χ0v) is 15.1. The number of phenols is 1. The molecule has 1 aromatic heterocycles. The minimum absolute atomic E-state index is 0.0254. The molecule has 1 aromatic carbocycles. The molecule has 8 heteroatoms. The van der Waals surface area contributed by atoms with Crippen molar-refractivity contribution in [3.8, 4) is 16.2 Å². The lowest BCUT2D eigenvalue weighted by atomic mass is 9.77. The van der Waals surface area contributed by atoms with Gasteiger partial charge >= 0.3 is 13.2 Å². The Hall–Kier alpha value is -2.03. The van der Waals surface area contributed by atoms with Gasteiger partial charge in [0.15, 0.2) is 0 Å². The summed E-state index contributed by atoms with van der Waals surface area (Å²) in [6, 6.07) is 7.23. The molecule has 0 unspecified atom stereocenters. The van der Waals surface area contributed by atoms with Gasteiger partial charge in [0.25, 0.3) is 0 Å². The maximum Gasteiger partial charge on any atom is 0.495 e. The highest BCUT2D eigenvalue weighted by atomic mass is 32.1. The van der Waals surface area contributed by atoms with E-state index in [-0.39, 0.29) is 12.3 Å². The number of phenolic OH excluding ortho intramolecular Hbond substituents is 1. The van der Waals surface area contributed by atoms with E-state index in [2.05, 4.69) is 5.32 Å². The zero-order chi connectivity index (χ0) is 18.2. The maximum atomic E-state index is 11.9. The highest BCUT2D eigenvalue weighted by molar-refractivity contribution is 7.13. The zero-order valence-electron chi connectivity index (χ0n) is 14.3. The van der Waals surface area contributed by atoms with E-state index in [9.17, 15) is 14.9 Å². The third-order valence-electron chi connectivity index (χ3n) is 3.74. The Morgan fingerprint density at radius 2 is 2.16 bits per heavy atom. The summed E-state index contributed by atoms with van der Waals surface area (Å²) in [6.07, 6.45) is -1.14. The molecule has 0 fully saturated rings. The second-order valence-corrected chi connectivity index (χ2v) is 7.74. The van der Waals surface area contributed by atoms with Crippen molar-refractivity contribution in [3.63, 3.8) is 0 Å². The second kappa shape index (κ2) is 6.70. The number of aromatic hydroxyl groups is 1. The molecule has 0 saturated heterocycles. The van der Waals surface area contributed by atoms with Crippen LogP contribution in [0.5, 0.6) is 5.75 Å². The van der Waals surface area contributed by atoms with Crippen molar-refractivity contribution in [2.24, 2.45) is 0 Å². The summed E-state index contributed by atoms with van der Waals surface area (Å²) >= 11 is 1.55. The smallest absolute Gasteiger partial charge is 0.495 e. The molecule has 1 amide bonds. The highest BCUT2D eigenvalue weighted by Crippen LogP contribution is 2.37. The molecular formula is C17H20BNO5S. The number of amides is 1. The van der Waals surface area contributed by atoms with Gasteiger partial charge in [-0.25, -0.2) is 4.79 Å². The van der Waals surface area contributed by atoms with E-state index in [1.165, 1.54) is 0 Å². The monoisotopic (exact) mass is 361 g/mol. The number of fused-ring (bicyclic) bond motifs is 1. The van der Waals surface area contributed by atoms with Crippen molar-refractivity contribution in [1.82, 2.24) is 5.32 Å². The number of hydrogen-bond acceptors (Lipinski definition) is 6. The largest absolute Gasteiger partial charge is 0.508 e. The molecule has 3 rings (SSSR count). The molecule has 132 valence electrons. The standard InChI is InChI=1S/C17H20BNO5S/c1-17(2,3)23-16(21)19-9-12-14-10(13-5-4-8-25-13)6-7-11(20)15(14)18(22)24-12/h4-8,12,20,22H,9H2,1-3H3,(H,19,21)/t12-/m1/s1. The van der Waals surface area contributed by atoms with Crippen LogP contribution in [-0.2, 0) is 9.39 Å². The predicted molar refractivity (Wildman–Crippen MR) is 97.1 cm³/mol. The average molecular weight is 361 g/mol. The van der Waals surface area contributed by atoms with Gasteiger partial charge in [0.1, 0.15) is 11.4 Å². The average Bonchev–Trinajstić information content (AvgIpc) is 3.13. The Labute approximate surface area is 150 Å². The second-order valence-electron chi connectivity index (χ2n) is 6.80. The first-order valence-corrected chi connectivity index (χ1v) is 8.84.